The van der Waals surface area contributed by atoms with Crippen molar-refractivity contribution in [2.45, 2.75) is 52.9 Å². The molecule has 10 heteroatoms. The van der Waals surface area contributed by atoms with Crippen LogP contribution in [-0.4, -0.2) is 45.0 Å². The van der Waals surface area contributed by atoms with Gasteiger partial charge in [0.05, 0.1) is 6.54 Å². The number of nitrogens with zero attached hydrogens (tertiary/aromatic N) is 2. The van der Waals surface area contributed by atoms with Crippen LogP contribution >= 0.6 is 0 Å². The Morgan fingerprint density at radius 3 is 2.56 bits per heavy atom. The third kappa shape index (κ3) is 5.17. The fourth-order valence-corrected chi connectivity index (χ4v) is 3.96. The summed E-state index contributed by atoms with van der Waals surface area (Å²) in [5.74, 6) is -3.82. The zero-order chi connectivity index (χ0) is 25.2. The lowest BCUT2D eigenvalue weighted by molar-refractivity contribution is 0.0742. The number of carbonyl (C=O) groups excluding carboxylic acids is 2. The SMILES string of the molecule is C/C=C1\Cn2cc(C(=O)NCc3ccc(F)cc3F)c(=O)c(O)c2C(=O)N1C[C@H](C)NC(C)C. The number of nitrogens with one attached hydrogen (secondary N) is 2. The molecule has 0 saturated heterocycles. The van der Waals surface area contributed by atoms with Crippen molar-refractivity contribution in [2.75, 3.05) is 6.54 Å². The molecule has 1 aliphatic heterocycles. The lowest BCUT2D eigenvalue weighted by Gasteiger charge is -2.35. The van der Waals surface area contributed by atoms with Crippen LogP contribution in [0.1, 0.15) is 54.1 Å². The van der Waals surface area contributed by atoms with Crippen molar-refractivity contribution in [3.8, 4) is 5.75 Å². The van der Waals surface area contributed by atoms with E-state index in [1.165, 1.54) is 21.7 Å². The van der Waals surface area contributed by atoms with Crippen LogP contribution in [0.3, 0.4) is 0 Å². The van der Waals surface area contributed by atoms with E-state index in [-0.39, 0.29) is 36.4 Å². The molecule has 2 amide bonds. The summed E-state index contributed by atoms with van der Waals surface area (Å²) in [6, 6.07) is 3.09. The Labute approximate surface area is 195 Å². The summed E-state index contributed by atoms with van der Waals surface area (Å²) < 4.78 is 28.3. The molecule has 34 heavy (non-hydrogen) atoms. The first-order valence-corrected chi connectivity index (χ1v) is 10.9. The minimum Gasteiger partial charge on any atom is -0.503 e. The fourth-order valence-electron chi connectivity index (χ4n) is 3.96. The van der Waals surface area contributed by atoms with Gasteiger partial charge in [0, 0.05) is 48.7 Å². The van der Waals surface area contributed by atoms with Gasteiger partial charge in [-0.15, -0.1) is 0 Å². The van der Waals surface area contributed by atoms with Gasteiger partial charge >= 0.3 is 0 Å². The van der Waals surface area contributed by atoms with E-state index >= 15 is 0 Å². The van der Waals surface area contributed by atoms with Crippen LogP contribution in [0.25, 0.3) is 0 Å². The number of amides is 2. The maximum Gasteiger partial charge on any atom is 0.278 e. The molecule has 1 aliphatic rings. The zero-order valence-electron chi connectivity index (χ0n) is 19.5. The molecule has 0 radical (unpaired) electrons. The number of pyridine rings is 1. The second kappa shape index (κ2) is 10.2. The van der Waals surface area contributed by atoms with Gasteiger partial charge in [0.25, 0.3) is 11.8 Å². The number of benzene rings is 1. The van der Waals surface area contributed by atoms with Gasteiger partial charge in [-0.2, -0.15) is 0 Å². The molecule has 3 rings (SSSR count). The van der Waals surface area contributed by atoms with Crippen molar-refractivity contribution in [2.24, 2.45) is 0 Å². The molecule has 2 aromatic rings. The molecule has 1 atom stereocenters. The lowest BCUT2D eigenvalue weighted by Crippen LogP contribution is -2.48. The number of fused-ring (bicyclic) bond motifs is 1. The number of hydrogen-bond donors (Lipinski definition) is 3. The summed E-state index contributed by atoms with van der Waals surface area (Å²) in [6.07, 6.45) is 2.97. The van der Waals surface area contributed by atoms with Crippen molar-refractivity contribution in [1.29, 1.82) is 0 Å². The van der Waals surface area contributed by atoms with E-state index < -0.39 is 40.2 Å². The van der Waals surface area contributed by atoms with Crippen molar-refractivity contribution in [3.05, 3.63) is 74.8 Å². The molecule has 1 aromatic heterocycles. The molecule has 0 spiro atoms. The van der Waals surface area contributed by atoms with E-state index in [4.69, 9.17) is 0 Å². The number of hydrogen-bond acceptors (Lipinski definition) is 5. The van der Waals surface area contributed by atoms with Crippen LogP contribution < -0.4 is 16.1 Å². The molecule has 0 aliphatic carbocycles. The number of rotatable bonds is 7. The molecular formula is C24H28F2N4O4. The largest absolute Gasteiger partial charge is 0.503 e. The number of aromatic hydroxyl groups is 1. The normalized spacial score (nSPS) is 15.6. The second-order valence-corrected chi connectivity index (χ2v) is 8.53. The van der Waals surface area contributed by atoms with E-state index in [9.17, 15) is 28.3 Å². The van der Waals surface area contributed by atoms with Crippen molar-refractivity contribution >= 4 is 11.8 Å². The third-order valence-electron chi connectivity index (χ3n) is 5.49. The van der Waals surface area contributed by atoms with Crippen molar-refractivity contribution < 1.29 is 23.5 Å². The van der Waals surface area contributed by atoms with Crippen LogP contribution in [0.15, 0.2) is 41.0 Å². The summed E-state index contributed by atoms with van der Waals surface area (Å²) in [6.45, 7) is 7.88. The van der Waals surface area contributed by atoms with Gasteiger partial charge in [-0.25, -0.2) is 8.78 Å². The first-order chi connectivity index (χ1) is 16.0. The average Bonchev–Trinajstić information content (AvgIpc) is 2.76. The zero-order valence-corrected chi connectivity index (χ0v) is 19.5. The van der Waals surface area contributed by atoms with E-state index in [2.05, 4.69) is 10.6 Å². The molecule has 3 N–H and O–H groups in total. The maximum absolute atomic E-state index is 13.8. The first-order valence-electron chi connectivity index (χ1n) is 10.9. The Balaban J connectivity index is 1.88. The van der Waals surface area contributed by atoms with Crippen LogP contribution in [-0.2, 0) is 13.1 Å². The molecule has 0 fully saturated rings. The molecule has 1 aromatic carbocycles. The lowest BCUT2D eigenvalue weighted by atomic mass is 10.1. The third-order valence-corrected chi connectivity index (χ3v) is 5.49. The molecule has 8 nitrogen and oxygen atoms in total. The molecular weight excluding hydrogens is 446 g/mol. The Morgan fingerprint density at radius 1 is 1.24 bits per heavy atom. The molecule has 0 saturated carbocycles. The quantitative estimate of drug-likeness (QED) is 0.572. The number of allylic oxidation sites excluding steroid dienone is 2. The van der Waals surface area contributed by atoms with E-state index in [1.807, 2.05) is 20.8 Å². The smallest absolute Gasteiger partial charge is 0.278 e. The van der Waals surface area contributed by atoms with Gasteiger partial charge in [-0.3, -0.25) is 14.4 Å². The number of halogens is 2. The van der Waals surface area contributed by atoms with Crippen molar-refractivity contribution in [1.82, 2.24) is 20.1 Å². The minimum atomic E-state index is -1.01. The monoisotopic (exact) mass is 474 g/mol. The first kappa shape index (κ1) is 25.1. The highest BCUT2D eigenvalue weighted by molar-refractivity contribution is 5.99. The summed E-state index contributed by atoms with van der Waals surface area (Å²) in [5, 5.41) is 16.3. The highest BCUT2D eigenvalue weighted by atomic mass is 19.1. The molecule has 182 valence electrons. The Morgan fingerprint density at radius 2 is 1.94 bits per heavy atom. The average molecular weight is 475 g/mol. The summed E-state index contributed by atoms with van der Waals surface area (Å²) in [7, 11) is 0. The highest BCUT2D eigenvalue weighted by Crippen LogP contribution is 2.26. The van der Waals surface area contributed by atoms with Crippen LogP contribution in [0.4, 0.5) is 8.78 Å². The summed E-state index contributed by atoms with van der Waals surface area (Å²) in [5.41, 5.74) is -0.918. The Bertz CT molecular complexity index is 1210. The fraction of sp³-hybridized carbons (Fsp3) is 0.375. The minimum absolute atomic E-state index is 0.0307. The van der Waals surface area contributed by atoms with Gasteiger partial charge in [0.2, 0.25) is 5.43 Å². The predicted octanol–water partition coefficient (Wildman–Crippen LogP) is 2.51. The Hall–Kier alpha value is -3.53. The van der Waals surface area contributed by atoms with E-state index in [1.54, 1.807) is 13.0 Å². The van der Waals surface area contributed by atoms with Gasteiger partial charge in [0.15, 0.2) is 11.4 Å². The van der Waals surface area contributed by atoms with Crippen molar-refractivity contribution in [3.63, 3.8) is 0 Å². The number of carbonyl (C=O) groups is 2. The molecule has 0 bridgehead atoms. The highest BCUT2D eigenvalue weighted by Gasteiger charge is 2.33. The summed E-state index contributed by atoms with van der Waals surface area (Å²) >= 11 is 0. The van der Waals surface area contributed by atoms with E-state index in [0.29, 0.717) is 18.3 Å². The Kier molecular flexibility index (Phi) is 7.51. The van der Waals surface area contributed by atoms with Crippen LogP contribution in [0.2, 0.25) is 0 Å². The van der Waals surface area contributed by atoms with Gasteiger partial charge in [-0.05, 0) is 19.9 Å². The van der Waals surface area contributed by atoms with E-state index in [0.717, 1.165) is 6.07 Å². The second-order valence-electron chi connectivity index (χ2n) is 8.53. The maximum atomic E-state index is 13.8. The predicted molar refractivity (Wildman–Crippen MR) is 122 cm³/mol. The topological polar surface area (TPSA) is 104 Å². The van der Waals surface area contributed by atoms with Crippen LogP contribution in [0, 0.1) is 11.6 Å². The van der Waals surface area contributed by atoms with Crippen LogP contribution in [0.5, 0.6) is 5.75 Å². The standard InChI is InChI=1S/C24H28F2N4O4/c1-5-17-11-29-12-18(23(33)27-9-15-6-7-16(25)8-19(15)26)21(31)22(32)20(29)24(34)30(17)10-14(4)28-13(2)3/h5-8,12-14,28,32H,9-11H2,1-4H3,(H,27,33)/b17-5+/t14-/m0/s1. The van der Waals surface area contributed by atoms with Gasteiger partial charge in [-0.1, -0.05) is 26.0 Å². The van der Waals surface area contributed by atoms with Gasteiger partial charge in [0.1, 0.15) is 17.2 Å². The molecule has 0 unspecified atom stereocenters. The summed E-state index contributed by atoms with van der Waals surface area (Å²) in [4.78, 5) is 40.1. The molecule has 2 heterocycles. The van der Waals surface area contributed by atoms with Gasteiger partial charge < -0.3 is 25.2 Å². The number of aromatic nitrogens is 1.